The van der Waals surface area contributed by atoms with Crippen LogP contribution in [0.5, 0.6) is 17.2 Å². The van der Waals surface area contributed by atoms with Crippen molar-refractivity contribution in [2.45, 2.75) is 33.0 Å². The molecule has 0 amide bonds. The number of nitro groups is 1. The summed E-state index contributed by atoms with van der Waals surface area (Å²) in [5, 5.41) is 14.4. The van der Waals surface area contributed by atoms with Crippen molar-refractivity contribution in [2.75, 3.05) is 7.11 Å². The van der Waals surface area contributed by atoms with Gasteiger partial charge in [0.05, 0.1) is 34.2 Å². The monoisotopic (exact) mass is 712 g/mol. The lowest BCUT2D eigenvalue weighted by Crippen LogP contribution is -2.10. The summed E-state index contributed by atoms with van der Waals surface area (Å²) < 4.78 is 39.5. The van der Waals surface area contributed by atoms with Gasteiger partial charge in [0, 0.05) is 32.7 Å². The van der Waals surface area contributed by atoms with E-state index < -0.39 is 6.85 Å². The van der Waals surface area contributed by atoms with Crippen molar-refractivity contribution in [1.82, 2.24) is 9.55 Å². The molecule has 0 N–H and O–H groups in total. The molecule has 6 aromatic carbocycles. The predicted molar refractivity (Wildman–Crippen MR) is 218 cm³/mol. The topological polar surface area (TPSA) is 79.4 Å². The van der Waals surface area contributed by atoms with E-state index in [4.69, 9.17) is 18.6 Å². The zero-order valence-corrected chi connectivity index (χ0v) is 30.3. The third kappa shape index (κ3) is 6.34. The summed E-state index contributed by atoms with van der Waals surface area (Å²) in [6.45, 7) is 4.09. The summed E-state index contributed by atoms with van der Waals surface area (Å²) in [5.74, 6) is 2.17. The van der Waals surface area contributed by atoms with Crippen LogP contribution in [-0.4, -0.2) is 21.6 Å². The molecule has 8 aromatic rings. The number of nitrogens with zero attached hydrogens (tertiary/aromatic N) is 3. The van der Waals surface area contributed by atoms with Crippen molar-refractivity contribution in [3.8, 4) is 56.4 Å². The molecule has 266 valence electrons. The molecular weight excluding hydrogens is 671 g/mol. The van der Waals surface area contributed by atoms with Gasteiger partial charge in [0.15, 0.2) is 0 Å². The molecule has 0 unspecified atom stereocenters. The Bertz CT molecular complexity index is 2810. The lowest BCUT2D eigenvalue weighted by molar-refractivity contribution is -0.383. The van der Waals surface area contributed by atoms with Crippen molar-refractivity contribution >= 4 is 27.5 Å². The number of hydrogen-bond donors (Lipinski definition) is 0. The Balaban J connectivity index is 1.13. The first kappa shape index (κ1) is 30.9. The molecular formula is C47H39N3O4. The minimum Gasteiger partial charge on any atom is -0.497 e. The molecule has 0 spiro atoms. The number of ether oxygens (including phenoxy) is 2. The second kappa shape index (κ2) is 13.7. The number of rotatable bonds is 8. The maximum absolute atomic E-state index is 12.4. The van der Waals surface area contributed by atoms with Crippen molar-refractivity contribution < 1.29 is 18.5 Å². The predicted octanol–water partition coefficient (Wildman–Crippen LogP) is 12.5. The number of nitro benzene ring substituents is 1. The Kier molecular flexibility index (Phi) is 7.81. The number of benzene rings is 6. The van der Waals surface area contributed by atoms with Crippen LogP contribution in [0.2, 0.25) is 0 Å². The van der Waals surface area contributed by atoms with Gasteiger partial charge in [-0.05, 0) is 107 Å². The van der Waals surface area contributed by atoms with Crippen LogP contribution < -0.4 is 9.47 Å². The highest BCUT2D eigenvalue weighted by molar-refractivity contribution is 6.09. The SMILES string of the molecule is [2H]C([2H])([2H])c1cc(-n2c3ccc(C(C)(C)C)cc3c3ccc(OC)cc32)ncc1-c1ccc(Oc2cccc(-c3cccc(-c4ccccc4)c3[N+](=O)[O-])c2)cc1. The summed E-state index contributed by atoms with van der Waals surface area (Å²) in [4.78, 5) is 16.9. The van der Waals surface area contributed by atoms with E-state index in [1.54, 1.807) is 74.0 Å². The Morgan fingerprint density at radius 2 is 1.37 bits per heavy atom. The average molecular weight is 713 g/mol. The standard InChI is InChI=1S/C47H39N3O4/c1-30-25-45(49-43-24-19-34(47(2,3)4)27-41(43)40-23-22-36(53-5)28-44(40)49)48-29-42(30)32-17-20-35(21-18-32)54-37-14-9-13-33(26-37)39-16-10-15-38(46(39)50(51)52)31-11-7-6-8-12-31/h6-29H,1-5H3/i1D3. The van der Waals surface area contributed by atoms with E-state index in [1.807, 2.05) is 65.2 Å². The highest BCUT2D eigenvalue weighted by Gasteiger charge is 2.23. The fourth-order valence-electron chi connectivity index (χ4n) is 7.03. The molecule has 8 rings (SSSR count). The summed E-state index contributed by atoms with van der Waals surface area (Å²) >= 11 is 0. The van der Waals surface area contributed by atoms with Crippen LogP contribution in [0.25, 0.3) is 61.0 Å². The second-order valence-corrected chi connectivity index (χ2v) is 14.3. The Morgan fingerprint density at radius 1 is 0.667 bits per heavy atom. The molecule has 0 bridgehead atoms. The van der Waals surface area contributed by atoms with Crippen LogP contribution in [0.15, 0.2) is 146 Å². The quantitative estimate of drug-likeness (QED) is 0.116. The molecule has 0 fully saturated rings. The molecule has 0 aliphatic heterocycles. The third-order valence-corrected chi connectivity index (χ3v) is 9.81. The maximum Gasteiger partial charge on any atom is 0.284 e. The van der Waals surface area contributed by atoms with Crippen LogP contribution in [0.3, 0.4) is 0 Å². The highest BCUT2D eigenvalue weighted by Crippen LogP contribution is 2.41. The number of methoxy groups -OCH3 is 1. The first-order valence-corrected chi connectivity index (χ1v) is 17.7. The van der Waals surface area contributed by atoms with Gasteiger partial charge in [-0.1, -0.05) is 87.5 Å². The summed E-state index contributed by atoms with van der Waals surface area (Å²) in [6.07, 6.45) is 1.62. The summed E-state index contributed by atoms with van der Waals surface area (Å²) in [7, 11) is 1.62. The zero-order chi connectivity index (χ0) is 40.1. The zero-order valence-electron chi connectivity index (χ0n) is 33.3. The Morgan fingerprint density at radius 3 is 2.09 bits per heavy atom. The van der Waals surface area contributed by atoms with E-state index >= 15 is 0 Å². The summed E-state index contributed by atoms with van der Waals surface area (Å²) in [5.41, 5.74) is 6.61. The molecule has 2 aromatic heterocycles. The van der Waals surface area contributed by atoms with Crippen molar-refractivity contribution in [2.24, 2.45) is 0 Å². The van der Waals surface area contributed by atoms with Crippen LogP contribution in [0.4, 0.5) is 5.69 Å². The number of hydrogen-bond acceptors (Lipinski definition) is 5. The van der Waals surface area contributed by atoms with Gasteiger partial charge in [0.25, 0.3) is 5.69 Å². The van der Waals surface area contributed by atoms with Crippen LogP contribution in [0.1, 0.15) is 36.0 Å². The second-order valence-electron chi connectivity index (χ2n) is 14.3. The van der Waals surface area contributed by atoms with Gasteiger partial charge in [-0.15, -0.1) is 0 Å². The normalized spacial score (nSPS) is 12.6. The van der Waals surface area contributed by atoms with E-state index in [2.05, 4.69) is 39.0 Å². The molecule has 7 nitrogen and oxygen atoms in total. The molecule has 0 saturated carbocycles. The lowest BCUT2D eigenvalue weighted by Gasteiger charge is -2.19. The smallest absolute Gasteiger partial charge is 0.284 e. The highest BCUT2D eigenvalue weighted by atomic mass is 16.6. The van der Waals surface area contributed by atoms with Gasteiger partial charge in [-0.3, -0.25) is 14.7 Å². The minimum atomic E-state index is -2.45. The summed E-state index contributed by atoms with van der Waals surface area (Å²) in [6, 6.07) is 42.9. The fourth-order valence-corrected chi connectivity index (χ4v) is 7.03. The van der Waals surface area contributed by atoms with E-state index in [9.17, 15) is 10.1 Å². The van der Waals surface area contributed by atoms with Gasteiger partial charge in [0.1, 0.15) is 23.1 Å². The molecule has 0 aliphatic rings. The number of fused-ring (bicyclic) bond motifs is 3. The fraction of sp³-hybridized carbons (Fsp3) is 0.128. The molecule has 2 heterocycles. The van der Waals surface area contributed by atoms with E-state index in [1.165, 1.54) is 5.56 Å². The van der Waals surface area contributed by atoms with E-state index in [0.717, 1.165) is 27.4 Å². The van der Waals surface area contributed by atoms with Crippen molar-refractivity contribution in [3.05, 3.63) is 167 Å². The maximum atomic E-state index is 12.4. The number of pyridine rings is 1. The molecule has 0 atom stereocenters. The molecule has 54 heavy (non-hydrogen) atoms. The van der Waals surface area contributed by atoms with Crippen molar-refractivity contribution in [3.63, 3.8) is 0 Å². The number of aryl methyl sites for hydroxylation is 1. The van der Waals surface area contributed by atoms with Gasteiger partial charge >= 0.3 is 0 Å². The van der Waals surface area contributed by atoms with Gasteiger partial charge in [-0.25, -0.2) is 4.98 Å². The first-order chi connectivity index (χ1) is 27.3. The van der Waals surface area contributed by atoms with Gasteiger partial charge in [-0.2, -0.15) is 0 Å². The minimum absolute atomic E-state index is 0.0161. The molecule has 0 radical (unpaired) electrons. The number of aromatic nitrogens is 2. The number of para-hydroxylation sites is 1. The molecule has 0 saturated heterocycles. The average Bonchev–Trinajstić information content (AvgIpc) is 3.53. The largest absolute Gasteiger partial charge is 0.497 e. The van der Waals surface area contributed by atoms with E-state index in [-0.39, 0.29) is 21.6 Å². The lowest BCUT2D eigenvalue weighted by atomic mass is 9.86. The Labute approximate surface area is 318 Å². The van der Waals surface area contributed by atoms with E-state index in [0.29, 0.717) is 50.9 Å². The first-order valence-electron chi connectivity index (χ1n) is 19.2. The third-order valence-electron chi connectivity index (χ3n) is 9.81. The molecule has 7 heteroatoms. The van der Waals surface area contributed by atoms with Gasteiger partial charge < -0.3 is 9.47 Å². The Hall–Kier alpha value is -6.73. The molecule has 0 aliphatic carbocycles. The van der Waals surface area contributed by atoms with Gasteiger partial charge in [0.2, 0.25) is 0 Å². The van der Waals surface area contributed by atoms with Crippen LogP contribution in [-0.2, 0) is 5.41 Å². The van der Waals surface area contributed by atoms with Crippen LogP contribution in [0, 0.1) is 17.0 Å². The van der Waals surface area contributed by atoms with Crippen LogP contribution >= 0.6 is 0 Å². The van der Waals surface area contributed by atoms with Crippen molar-refractivity contribution in [1.29, 1.82) is 0 Å².